The minimum absolute atomic E-state index is 0.164. The Bertz CT molecular complexity index is 786. The van der Waals surface area contributed by atoms with Gasteiger partial charge in [0.05, 0.1) is 26.4 Å². The molecule has 0 saturated heterocycles. The van der Waals surface area contributed by atoms with Crippen LogP contribution in [0.1, 0.15) is 37.9 Å². The van der Waals surface area contributed by atoms with Crippen LogP contribution in [0.4, 0.5) is 0 Å². The van der Waals surface area contributed by atoms with Crippen molar-refractivity contribution in [3.05, 3.63) is 59.7 Å². The number of nitrogens with one attached hydrogen (secondary N) is 1. The second kappa shape index (κ2) is 10.3. The molecule has 0 heterocycles. The molecule has 0 radical (unpaired) electrons. The summed E-state index contributed by atoms with van der Waals surface area (Å²) in [7, 11) is 1.62. The Labute approximate surface area is 161 Å². The van der Waals surface area contributed by atoms with Gasteiger partial charge in [-0.1, -0.05) is 18.2 Å². The third-order valence-electron chi connectivity index (χ3n) is 3.95. The van der Waals surface area contributed by atoms with Gasteiger partial charge in [0, 0.05) is 6.08 Å². The minimum atomic E-state index is -0.169. The lowest BCUT2D eigenvalue weighted by Gasteiger charge is -2.17. The molecule has 0 aliphatic rings. The van der Waals surface area contributed by atoms with Crippen LogP contribution >= 0.6 is 0 Å². The number of carbonyl (C=O) groups excluding carboxylic acids is 1. The second-order valence-electron chi connectivity index (χ2n) is 5.91. The Balaban J connectivity index is 2.04. The number of amides is 1. The molecule has 0 aliphatic heterocycles. The molecular formula is C22H27NO4. The molecule has 5 heteroatoms. The molecule has 0 saturated carbocycles. The molecule has 1 atom stereocenters. The molecule has 0 aromatic heterocycles. The predicted octanol–water partition coefficient (Wildman–Crippen LogP) is 4.38. The lowest BCUT2D eigenvalue weighted by molar-refractivity contribution is -0.117. The van der Waals surface area contributed by atoms with Crippen LogP contribution in [-0.4, -0.2) is 26.2 Å². The summed E-state index contributed by atoms with van der Waals surface area (Å²) in [5.74, 6) is 1.98. The maximum Gasteiger partial charge on any atom is 0.244 e. The third-order valence-corrected chi connectivity index (χ3v) is 3.95. The van der Waals surface area contributed by atoms with Gasteiger partial charge in [-0.25, -0.2) is 0 Å². The average molecular weight is 369 g/mol. The minimum Gasteiger partial charge on any atom is -0.497 e. The lowest BCUT2D eigenvalue weighted by atomic mass is 10.1. The van der Waals surface area contributed by atoms with Gasteiger partial charge in [-0.15, -0.1) is 0 Å². The van der Waals surface area contributed by atoms with Crippen molar-refractivity contribution in [3.63, 3.8) is 0 Å². The molecular weight excluding hydrogens is 342 g/mol. The highest BCUT2D eigenvalue weighted by Crippen LogP contribution is 2.30. The summed E-state index contributed by atoms with van der Waals surface area (Å²) < 4.78 is 16.4. The molecule has 0 fully saturated rings. The van der Waals surface area contributed by atoms with Crippen LogP contribution < -0.4 is 19.5 Å². The number of methoxy groups -OCH3 is 1. The summed E-state index contributed by atoms with van der Waals surface area (Å²) in [5.41, 5.74) is 1.85. The van der Waals surface area contributed by atoms with Gasteiger partial charge in [-0.05, 0) is 62.2 Å². The summed E-state index contributed by atoms with van der Waals surface area (Å²) >= 11 is 0. The van der Waals surface area contributed by atoms with Gasteiger partial charge in [-0.3, -0.25) is 4.79 Å². The molecule has 144 valence electrons. The summed E-state index contributed by atoms with van der Waals surface area (Å²) in [6.07, 6.45) is 3.28. The van der Waals surface area contributed by atoms with Crippen molar-refractivity contribution >= 4 is 12.0 Å². The standard InChI is InChI=1S/C22H27NO4/c1-5-26-20-12-11-18(15-21(20)27-6-2)16(3)23-22(24)13-10-17-8-7-9-19(14-17)25-4/h7-16H,5-6H2,1-4H3,(H,23,24)/b13-10+/t16-/m1/s1. The van der Waals surface area contributed by atoms with E-state index < -0.39 is 0 Å². The summed E-state index contributed by atoms with van der Waals surface area (Å²) in [6.45, 7) is 6.91. The Morgan fingerprint density at radius 2 is 1.81 bits per heavy atom. The number of ether oxygens (including phenoxy) is 3. The van der Waals surface area contributed by atoms with E-state index in [0.29, 0.717) is 24.7 Å². The van der Waals surface area contributed by atoms with Crippen LogP contribution in [0.3, 0.4) is 0 Å². The van der Waals surface area contributed by atoms with Crippen molar-refractivity contribution in [2.24, 2.45) is 0 Å². The molecule has 2 aromatic rings. The van der Waals surface area contributed by atoms with E-state index in [9.17, 15) is 4.79 Å². The van der Waals surface area contributed by atoms with Crippen molar-refractivity contribution in [1.82, 2.24) is 5.32 Å². The Morgan fingerprint density at radius 1 is 1.07 bits per heavy atom. The molecule has 0 bridgehead atoms. The number of benzene rings is 2. The largest absolute Gasteiger partial charge is 0.497 e. The SMILES string of the molecule is CCOc1ccc([C@@H](C)NC(=O)/C=C/c2cccc(OC)c2)cc1OCC. The first-order valence-electron chi connectivity index (χ1n) is 9.09. The van der Waals surface area contributed by atoms with Gasteiger partial charge in [0.2, 0.25) is 5.91 Å². The Hall–Kier alpha value is -2.95. The predicted molar refractivity (Wildman–Crippen MR) is 107 cm³/mol. The maximum atomic E-state index is 12.2. The second-order valence-corrected chi connectivity index (χ2v) is 5.91. The van der Waals surface area contributed by atoms with Crippen LogP contribution in [0.2, 0.25) is 0 Å². The van der Waals surface area contributed by atoms with E-state index in [-0.39, 0.29) is 11.9 Å². The van der Waals surface area contributed by atoms with Gasteiger partial charge < -0.3 is 19.5 Å². The van der Waals surface area contributed by atoms with E-state index in [1.165, 1.54) is 6.08 Å². The summed E-state index contributed by atoms with van der Waals surface area (Å²) in [4.78, 5) is 12.2. The van der Waals surface area contributed by atoms with Gasteiger partial charge in [0.25, 0.3) is 0 Å². The summed E-state index contributed by atoms with van der Waals surface area (Å²) in [6, 6.07) is 13.1. The first-order chi connectivity index (χ1) is 13.1. The van der Waals surface area contributed by atoms with Crippen molar-refractivity contribution < 1.29 is 19.0 Å². The number of rotatable bonds is 9. The molecule has 2 rings (SSSR count). The van der Waals surface area contributed by atoms with Crippen molar-refractivity contribution in [3.8, 4) is 17.2 Å². The highest BCUT2D eigenvalue weighted by Gasteiger charge is 2.12. The fourth-order valence-corrected chi connectivity index (χ4v) is 2.60. The van der Waals surface area contributed by atoms with E-state index in [4.69, 9.17) is 14.2 Å². The quantitative estimate of drug-likeness (QED) is 0.666. The maximum absolute atomic E-state index is 12.2. The zero-order valence-corrected chi connectivity index (χ0v) is 16.3. The summed E-state index contributed by atoms with van der Waals surface area (Å²) in [5, 5.41) is 2.96. The molecule has 27 heavy (non-hydrogen) atoms. The lowest BCUT2D eigenvalue weighted by Crippen LogP contribution is -2.24. The van der Waals surface area contributed by atoms with Crippen LogP contribution in [-0.2, 0) is 4.79 Å². The van der Waals surface area contributed by atoms with E-state index >= 15 is 0 Å². The molecule has 0 unspecified atom stereocenters. The van der Waals surface area contributed by atoms with Crippen LogP contribution in [0.15, 0.2) is 48.5 Å². The van der Waals surface area contributed by atoms with Crippen molar-refractivity contribution in [2.75, 3.05) is 20.3 Å². The van der Waals surface area contributed by atoms with E-state index in [1.54, 1.807) is 13.2 Å². The Morgan fingerprint density at radius 3 is 2.52 bits per heavy atom. The van der Waals surface area contributed by atoms with E-state index in [2.05, 4.69) is 5.32 Å². The zero-order chi connectivity index (χ0) is 19.6. The highest BCUT2D eigenvalue weighted by atomic mass is 16.5. The van der Waals surface area contributed by atoms with Crippen LogP contribution in [0, 0.1) is 0 Å². The molecule has 1 N–H and O–H groups in total. The van der Waals surface area contributed by atoms with Gasteiger partial charge in [0.1, 0.15) is 5.75 Å². The average Bonchev–Trinajstić information content (AvgIpc) is 2.68. The van der Waals surface area contributed by atoms with Crippen molar-refractivity contribution in [1.29, 1.82) is 0 Å². The Kier molecular flexibility index (Phi) is 7.74. The smallest absolute Gasteiger partial charge is 0.244 e. The van der Waals surface area contributed by atoms with Gasteiger partial charge in [0.15, 0.2) is 11.5 Å². The molecule has 0 aliphatic carbocycles. The molecule has 0 spiro atoms. The van der Waals surface area contributed by atoms with Crippen molar-refractivity contribution in [2.45, 2.75) is 26.8 Å². The van der Waals surface area contributed by atoms with Crippen LogP contribution in [0.25, 0.3) is 6.08 Å². The fraction of sp³-hybridized carbons (Fsp3) is 0.318. The topological polar surface area (TPSA) is 56.8 Å². The third kappa shape index (κ3) is 6.06. The highest BCUT2D eigenvalue weighted by molar-refractivity contribution is 5.92. The normalized spacial score (nSPS) is 11.9. The van der Waals surface area contributed by atoms with Crippen LogP contribution in [0.5, 0.6) is 17.2 Å². The molecule has 1 amide bonds. The first kappa shape index (κ1) is 20.4. The van der Waals surface area contributed by atoms with Gasteiger partial charge in [-0.2, -0.15) is 0 Å². The fourth-order valence-electron chi connectivity index (χ4n) is 2.60. The van der Waals surface area contributed by atoms with Gasteiger partial charge >= 0.3 is 0 Å². The first-order valence-corrected chi connectivity index (χ1v) is 9.09. The monoisotopic (exact) mass is 369 g/mol. The number of carbonyl (C=O) groups is 1. The van der Waals surface area contributed by atoms with E-state index in [1.807, 2.05) is 63.2 Å². The zero-order valence-electron chi connectivity index (χ0n) is 16.3. The number of hydrogen-bond donors (Lipinski definition) is 1. The molecule has 5 nitrogen and oxygen atoms in total. The molecule has 2 aromatic carbocycles. The number of hydrogen-bond acceptors (Lipinski definition) is 4. The van der Waals surface area contributed by atoms with E-state index in [0.717, 1.165) is 16.9 Å².